The maximum atomic E-state index is 13.4. The second-order valence-electron chi connectivity index (χ2n) is 10.8. The van der Waals surface area contributed by atoms with Crippen molar-refractivity contribution in [2.75, 3.05) is 19.6 Å². The first-order chi connectivity index (χ1) is 15.4. The van der Waals surface area contributed by atoms with E-state index in [9.17, 15) is 9.59 Å². The minimum Gasteiger partial charge on any atom is -0.353 e. The molecule has 2 bridgehead atoms. The summed E-state index contributed by atoms with van der Waals surface area (Å²) < 4.78 is 0. The molecule has 0 radical (unpaired) electrons. The molecule has 2 amide bonds. The quantitative estimate of drug-likeness (QED) is 0.742. The van der Waals surface area contributed by atoms with E-state index in [1.807, 2.05) is 11.7 Å². The predicted molar refractivity (Wildman–Crippen MR) is 128 cm³/mol. The SMILES string of the molecule is CC(C)[C@@H]1CC[C@@H](C)CC(=O)N2C[C@H]3C[C@@H](CN(Cc4cncs4)C3)[C@@H]2CCCC(=O)N1. The van der Waals surface area contributed by atoms with Crippen molar-refractivity contribution in [3.63, 3.8) is 0 Å². The van der Waals surface area contributed by atoms with Gasteiger partial charge in [-0.1, -0.05) is 20.8 Å². The highest BCUT2D eigenvalue weighted by atomic mass is 32.1. The number of amides is 2. The Labute approximate surface area is 197 Å². The monoisotopic (exact) mass is 460 g/mol. The van der Waals surface area contributed by atoms with Gasteiger partial charge in [-0.05, 0) is 55.8 Å². The molecule has 6 nitrogen and oxygen atoms in total. The van der Waals surface area contributed by atoms with Crippen LogP contribution in [0.2, 0.25) is 0 Å². The van der Waals surface area contributed by atoms with Crippen LogP contribution in [0.4, 0.5) is 0 Å². The van der Waals surface area contributed by atoms with Gasteiger partial charge < -0.3 is 10.2 Å². The van der Waals surface area contributed by atoms with Crippen LogP contribution in [0.5, 0.6) is 0 Å². The molecular formula is C25H40N4O2S. The molecule has 0 aliphatic carbocycles. The summed E-state index contributed by atoms with van der Waals surface area (Å²) in [7, 11) is 0. The summed E-state index contributed by atoms with van der Waals surface area (Å²) in [4.78, 5) is 36.4. The van der Waals surface area contributed by atoms with Crippen molar-refractivity contribution >= 4 is 23.2 Å². The molecule has 3 saturated heterocycles. The van der Waals surface area contributed by atoms with Gasteiger partial charge in [0.25, 0.3) is 0 Å². The van der Waals surface area contributed by atoms with Crippen LogP contribution in [0.25, 0.3) is 0 Å². The van der Waals surface area contributed by atoms with Crippen LogP contribution in [0, 0.1) is 23.7 Å². The van der Waals surface area contributed by atoms with E-state index in [1.165, 1.54) is 11.3 Å². The lowest BCUT2D eigenvalue weighted by Crippen LogP contribution is -2.59. The Bertz CT molecular complexity index is 768. The van der Waals surface area contributed by atoms with Gasteiger partial charge in [-0.3, -0.25) is 19.5 Å². The Morgan fingerprint density at radius 3 is 2.78 bits per heavy atom. The van der Waals surface area contributed by atoms with Gasteiger partial charge in [-0.15, -0.1) is 11.3 Å². The van der Waals surface area contributed by atoms with E-state index >= 15 is 0 Å². The van der Waals surface area contributed by atoms with Gasteiger partial charge >= 0.3 is 0 Å². The highest BCUT2D eigenvalue weighted by molar-refractivity contribution is 7.09. The van der Waals surface area contributed by atoms with Crippen LogP contribution < -0.4 is 5.32 Å². The fraction of sp³-hybridized carbons (Fsp3) is 0.800. The Morgan fingerprint density at radius 1 is 1.19 bits per heavy atom. The molecule has 5 atom stereocenters. The number of piperidine rings is 2. The fourth-order valence-corrected chi connectivity index (χ4v) is 6.72. The minimum absolute atomic E-state index is 0.178. The maximum absolute atomic E-state index is 13.4. The highest BCUT2D eigenvalue weighted by Crippen LogP contribution is 2.37. The van der Waals surface area contributed by atoms with E-state index < -0.39 is 0 Å². The van der Waals surface area contributed by atoms with Crippen LogP contribution in [-0.4, -0.2) is 58.3 Å². The first-order valence-electron chi connectivity index (χ1n) is 12.6. The Balaban J connectivity index is 1.47. The van der Waals surface area contributed by atoms with E-state index in [0.29, 0.717) is 42.4 Å². The van der Waals surface area contributed by atoms with Crippen molar-refractivity contribution in [3.8, 4) is 0 Å². The van der Waals surface area contributed by atoms with E-state index in [2.05, 4.69) is 40.9 Å². The predicted octanol–water partition coefficient (Wildman–Crippen LogP) is 3.92. The summed E-state index contributed by atoms with van der Waals surface area (Å²) in [5.74, 6) is 2.35. The molecule has 0 spiro atoms. The molecule has 3 aliphatic heterocycles. The van der Waals surface area contributed by atoms with Crippen LogP contribution in [0.3, 0.4) is 0 Å². The number of rotatable bonds is 3. The third-order valence-electron chi connectivity index (χ3n) is 7.78. The highest BCUT2D eigenvalue weighted by Gasteiger charge is 2.42. The summed E-state index contributed by atoms with van der Waals surface area (Å²) in [6.45, 7) is 10.5. The molecule has 4 rings (SSSR count). The molecule has 178 valence electrons. The molecule has 0 aromatic carbocycles. The average molecular weight is 461 g/mol. The zero-order valence-electron chi connectivity index (χ0n) is 20.0. The van der Waals surface area contributed by atoms with Crippen molar-refractivity contribution in [2.45, 2.75) is 84.3 Å². The molecule has 1 aromatic heterocycles. The van der Waals surface area contributed by atoms with Crippen LogP contribution in [0.1, 0.15) is 70.6 Å². The largest absolute Gasteiger partial charge is 0.353 e. The number of carbonyl (C=O) groups is 2. The molecule has 3 fully saturated rings. The number of likely N-dealkylation sites (tertiary alicyclic amines) is 1. The van der Waals surface area contributed by atoms with Gasteiger partial charge in [-0.2, -0.15) is 0 Å². The number of hydrogen-bond donors (Lipinski definition) is 1. The summed E-state index contributed by atoms with van der Waals surface area (Å²) >= 11 is 1.73. The summed E-state index contributed by atoms with van der Waals surface area (Å²) in [6, 6.07) is 0.479. The number of carbonyl (C=O) groups excluding carboxylic acids is 2. The van der Waals surface area contributed by atoms with E-state index in [0.717, 1.165) is 51.9 Å². The number of thiazole rings is 1. The third-order valence-corrected chi connectivity index (χ3v) is 8.54. The molecule has 7 heteroatoms. The summed E-state index contributed by atoms with van der Waals surface area (Å²) in [5.41, 5.74) is 1.91. The maximum Gasteiger partial charge on any atom is 0.223 e. The summed E-state index contributed by atoms with van der Waals surface area (Å²) in [5, 5.41) is 3.28. The van der Waals surface area contributed by atoms with Crippen molar-refractivity contribution in [2.24, 2.45) is 23.7 Å². The van der Waals surface area contributed by atoms with E-state index in [4.69, 9.17) is 0 Å². The average Bonchev–Trinajstić information content (AvgIpc) is 3.24. The van der Waals surface area contributed by atoms with Crippen molar-refractivity contribution in [3.05, 3.63) is 16.6 Å². The number of aromatic nitrogens is 1. The van der Waals surface area contributed by atoms with Crippen molar-refractivity contribution < 1.29 is 9.59 Å². The number of nitrogens with zero attached hydrogens (tertiary/aromatic N) is 3. The molecule has 1 N–H and O–H groups in total. The topological polar surface area (TPSA) is 65.5 Å². The molecule has 32 heavy (non-hydrogen) atoms. The smallest absolute Gasteiger partial charge is 0.223 e. The van der Waals surface area contributed by atoms with Gasteiger partial charge in [-0.25, -0.2) is 0 Å². The van der Waals surface area contributed by atoms with Crippen LogP contribution in [0.15, 0.2) is 11.7 Å². The lowest BCUT2D eigenvalue weighted by atomic mass is 9.77. The van der Waals surface area contributed by atoms with Gasteiger partial charge in [0.2, 0.25) is 11.8 Å². The lowest BCUT2D eigenvalue weighted by molar-refractivity contribution is -0.142. The molecular weight excluding hydrogens is 420 g/mol. The van der Waals surface area contributed by atoms with Gasteiger partial charge in [0.1, 0.15) is 0 Å². The lowest BCUT2D eigenvalue weighted by Gasteiger charge is -2.51. The Morgan fingerprint density at radius 2 is 2.03 bits per heavy atom. The molecule has 1 aromatic rings. The number of hydrogen-bond acceptors (Lipinski definition) is 5. The zero-order chi connectivity index (χ0) is 22.7. The van der Waals surface area contributed by atoms with Crippen LogP contribution >= 0.6 is 11.3 Å². The second kappa shape index (κ2) is 10.6. The summed E-state index contributed by atoms with van der Waals surface area (Å²) in [6.07, 6.45) is 8.14. The normalized spacial score (nSPS) is 33.1. The molecule has 0 unspecified atom stereocenters. The van der Waals surface area contributed by atoms with Crippen LogP contribution in [-0.2, 0) is 16.1 Å². The second-order valence-corrected chi connectivity index (χ2v) is 11.8. The molecule has 0 saturated carbocycles. The number of nitrogens with one attached hydrogen (secondary N) is 1. The zero-order valence-corrected chi connectivity index (χ0v) is 20.8. The van der Waals surface area contributed by atoms with Gasteiger partial charge in [0.15, 0.2) is 0 Å². The number of fused-ring (bicyclic) bond motifs is 4. The van der Waals surface area contributed by atoms with Crippen molar-refractivity contribution in [1.82, 2.24) is 20.1 Å². The third kappa shape index (κ3) is 5.90. The van der Waals surface area contributed by atoms with Gasteiger partial charge in [0.05, 0.1) is 5.51 Å². The molecule has 3 aliphatic rings. The van der Waals surface area contributed by atoms with E-state index in [1.54, 1.807) is 11.3 Å². The van der Waals surface area contributed by atoms with Gasteiger partial charge in [0, 0.05) is 62.2 Å². The Hall–Kier alpha value is -1.47. The van der Waals surface area contributed by atoms with Crippen molar-refractivity contribution in [1.29, 1.82) is 0 Å². The standard InChI is InChI=1S/C25H40N4O2S/c1-17(2)22-8-7-18(3)9-25(31)29-13-19-10-20(23(29)5-4-6-24(30)27-22)14-28(12-19)15-21-11-26-16-32-21/h11,16-20,22-23H,4-10,12-15H2,1-3H3,(H,27,30)/t18-,19+,20+,22+,23+/m1/s1. The first-order valence-corrected chi connectivity index (χ1v) is 13.5. The first kappa shape index (κ1) is 23.7. The Kier molecular flexibility index (Phi) is 7.87. The minimum atomic E-state index is 0.178. The van der Waals surface area contributed by atoms with E-state index in [-0.39, 0.29) is 18.0 Å². The molecule has 4 heterocycles. The fourth-order valence-electron chi connectivity index (χ4n) is 6.08.